The van der Waals surface area contributed by atoms with Crippen molar-refractivity contribution in [3.63, 3.8) is 0 Å². The number of benzene rings is 2. The number of primary amides is 1. The Morgan fingerprint density at radius 2 is 1.90 bits per heavy atom. The van der Waals surface area contributed by atoms with Crippen molar-refractivity contribution in [1.82, 2.24) is 14.8 Å². The molecule has 0 aliphatic carbocycles. The largest absolute Gasteiger partial charge is 0.494 e. The summed E-state index contributed by atoms with van der Waals surface area (Å²) in [5, 5.41) is 18.6. The summed E-state index contributed by atoms with van der Waals surface area (Å²) >= 11 is 0. The molecular weight excluding hydrogens is 400 g/mol. The molecule has 0 fully saturated rings. The average Bonchev–Trinajstić information content (AvgIpc) is 3.17. The summed E-state index contributed by atoms with van der Waals surface area (Å²) in [6.45, 7) is 4.20. The third-order valence-electron chi connectivity index (χ3n) is 4.96. The zero-order chi connectivity index (χ0) is 22.1. The highest BCUT2D eigenvalue weighted by Gasteiger charge is 2.33. The molecule has 10 nitrogen and oxygen atoms in total. The number of fused-ring (bicyclic) bond motifs is 1. The molecule has 3 N–H and O–H groups in total. The van der Waals surface area contributed by atoms with E-state index in [0.29, 0.717) is 41.0 Å². The Hall–Kier alpha value is -4.21. The molecular formula is C21H20N6O4. The molecule has 2 heterocycles. The van der Waals surface area contributed by atoms with Gasteiger partial charge < -0.3 is 15.8 Å². The molecule has 0 radical (unpaired) electrons. The maximum Gasteiger partial charge on any atom is 0.269 e. The number of hydrogen-bond acceptors (Lipinski definition) is 7. The van der Waals surface area contributed by atoms with Gasteiger partial charge in [-0.2, -0.15) is 4.98 Å². The number of hydrogen-bond donors (Lipinski definition) is 2. The number of nitrogens with two attached hydrogens (primary N) is 1. The second-order valence-corrected chi connectivity index (χ2v) is 6.94. The van der Waals surface area contributed by atoms with Crippen LogP contribution in [0.4, 0.5) is 11.6 Å². The van der Waals surface area contributed by atoms with E-state index in [1.54, 1.807) is 23.7 Å². The van der Waals surface area contributed by atoms with Crippen LogP contribution in [0.2, 0.25) is 0 Å². The number of ether oxygens (including phenoxy) is 1. The number of nitro benzene ring substituents is 1. The minimum atomic E-state index is -0.580. The molecule has 1 aromatic heterocycles. The molecule has 158 valence electrons. The molecule has 0 saturated carbocycles. The number of carbonyl (C=O) groups excluding carboxylic acids is 1. The Morgan fingerprint density at radius 1 is 1.23 bits per heavy atom. The van der Waals surface area contributed by atoms with Crippen LogP contribution in [0.5, 0.6) is 5.75 Å². The first kappa shape index (κ1) is 20.1. The van der Waals surface area contributed by atoms with Crippen LogP contribution in [-0.2, 0) is 4.79 Å². The molecule has 1 unspecified atom stereocenters. The lowest BCUT2D eigenvalue weighted by molar-refractivity contribution is -0.384. The van der Waals surface area contributed by atoms with Gasteiger partial charge in [-0.05, 0) is 43.7 Å². The van der Waals surface area contributed by atoms with Crippen LogP contribution in [0.15, 0.2) is 59.8 Å². The van der Waals surface area contributed by atoms with E-state index in [1.165, 1.54) is 12.1 Å². The van der Waals surface area contributed by atoms with Crippen LogP contribution >= 0.6 is 0 Å². The summed E-state index contributed by atoms with van der Waals surface area (Å²) in [5.41, 5.74) is 8.03. The average molecular weight is 420 g/mol. The van der Waals surface area contributed by atoms with E-state index < -0.39 is 16.9 Å². The summed E-state index contributed by atoms with van der Waals surface area (Å²) < 4.78 is 7.10. The van der Waals surface area contributed by atoms with Gasteiger partial charge in [0, 0.05) is 23.4 Å². The lowest BCUT2D eigenvalue weighted by atomic mass is 9.95. The van der Waals surface area contributed by atoms with Crippen molar-refractivity contribution < 1.29 is 14.5 Å². The molecule has 1 atom stereocenters. The molecule has 1 aliphatic heterocycles. The molecule has 2 aromatic carbocycles. The number of anilines is 1. The standard InChI is InChI=1S/C21H20N6O4/c1-3-31-16-10-6-13(7-11-16)18-17(19(22)28)12(2)23-21-24-20(25-26(18)21)14-4-8-15(9-5-14)27(29)30/h4-11,18H,3H2,1-2H3,(H2,22,28)(H,23,24,25). The van der Waals surface area contributed by atoms with Crippen molar-refractivity contribution in [2.24, 2.45) is 5.73 Å². The molecule has 0 spiro atoms. The Morgan fingerprint density at radius 3 is 2.48 bits per heavy atom. The summed E-state index contributed by atoms with van der Waals surface area (Å²) in [4.78, 5) is 27.2. The number of nitro groups is 1. The minimum Gasteiger partial charge on any atom is -0.494 e. The second kappa shape index (κ2) is 7.90. The molecule has 0 bridgehead atoms. The van der Waals surface area contributed by atoms with E-state index >= 15 is 0 Å². The number of nitrogens with one attached hydrogen (secondary N) is 1. The van der Waals surface area contributed by atoms with Crippen LogP contribution in [0, 0.1) is 10.1 Å². The molecule has 3 aromatic rings. The van der Waals surface area contributed by atoms with Gasteiger partial charge in [0.05, 0.1) is 17.1 Å². The van der Waals surface area contributed by atoms with Gasteiger partial charge >= 0.3 is 0 Å². The van der Waals surface area contributed by atoms with Crippen molar-refractivity contribution in [2.45, 2.75) is 19.9 Å². The lowest BCUT2D eigenvalue weighted by Gasteiger charge is -2.27. The van der Waals surface area contributed by atoms with Gasteiger partial charge in [0.15, 0.2) is 5.82 Å². The van der Waals surface area contributed by atoms with Gasteiger partial charge in [0.1, 0.15) is 11.8 Å². The molecule has 4 rings (SSSR count). The summed E-state index contributed by atoms with van der Waals surface area (Å²) in [5.74, 6) is 0.954. The van der Waals surface area contributed by atoms with Crippen molar-refractivity contribution >= 4 is 17.5 Å². The molecule has 10 heteroatoms. The number of rotatable bonds is 6. The maximum absolute atomic E-state index is 12.3. The number of non-ortho nitro benzene ring substituents is 1. The van der Waals surface area contributed by atoms with Crippen molar-refractivity contribution in [2.75, 3.05) is 11.9 Å². The van der Waals surface area contributed by atoms with E-state index in [-0.39, 0.29) is 5.69 Å². The number of nitrogens with zero attached hydrogens (tertiary/aromatic N) is 4. The van der Waals surface area contributed by atoms with E-state index in [2.05, 4.69) is 15.4 Å². The van der Waals surface area contributed by atoms with Gasteiger partial charge in [0.25, 0.3) is 5.69 Å². The first-order valence-corrected chi connectivity index (χ1v) is 9.60. The highest BCUT2D eigenvalue weighted by molar-refractivity contribution is 5.95. The fourth-order valence-corrected chi connectivity index (χ4v) is 3.55. The van der Waals surface area contributed by atoms with Gasteiger partial charge in [-0.15, -0.1) is 5.10 Å². The van der Waals surface area contributed by atoms with Crippen molar-refractivity contribution in [1.29, 1.82) is 0 Å². The van der Waals surface area contributed by atoms with Gasteiger partial charge in [-0.3, -0.25) is 14.9 Å². The van der Waals surface area contributed by atoms with Gasteiger partial charge in [0.2, 0.25) is 11.9 Å². The maximum atomic E-state index is 12.3. The SMILES string of the molecule is CCOc1ccc(C2C(C(N)=O)=C(C)Nc3nc(-c4ccc([N+](=O)[O-])cc4)nn32)cc1. The van der Waals surface area contributed by atoms with Gasteiger partial charge in [-0.1, -0.05) is 12.1 Å². The minimum absolute atomic E-state index is 0.0216. The van der Waals surface area contributed by atoms with Crippen LogP contribution in [-0.4, -0.2) is 32.2 Å². The quantitative estimate of drug-likeness (QED) is 0.462. The highest BCUT2D eigenvalue weighted by atomic mass is 16.6. The number of amides is 1. The van der Waals surface area contributed by atoms with Crippen LogP contribution < -0.4 is 15.8 Å². The Kier molecular flexibility index (Phi) is 5.12. The van der Waals surface area contributed by atoms with Crippen molar-refractivity contribution in [3.8, 4) is 17.1 Å². The second-order valence-electron chi connectivity index (χ2n) is 6.94. The molecule has 0 saturated heterocycles. The van der Waals surface area contributed by atoms with E-state index in [0.717, 1.165) is 5.56 Å². The Labute approximate surface area is 177 Å². The van der Waals surface area contributed by atoms with E-state index in [4.69, 9.17) is 10.5 Å². The highest BCUT2D eigenvalue weighted by Crippen LogP contribution is 2.36. The van der Waals surface area contributed by atoms with Crippen LogP contribution in [0.3, 0.4) is 0 Å². The monoisotopic (exact) mass is 420 g/mol. The molecule has 1 aliphatic rings. The third kappa shape index (κ3) is 3.70. The van der Waals surface area contributed by atoms with Crippen molar-refractivity contribution in [3.05, 3.63) is 75.5 Å². The van der Waals surface area contributed by atoms with Crippen LogP contribution in [0.1, 0.15) is 25.5 Å². The summed E-state index contributed by atoms with van der Waals surface area (Å²) in [6, 6.07) is 12.7. The molecule has 31 heavy (non-hydrogen) atoms. The third-order valence-corrected chi connectivity index (χ3v) is 4.96. The fourth-order valence-electron chi connectivity index (χ4n) is 3.55. The first-order valence-electron chi connectivity index (χ1n) is 9.60. The number of carbonyl (C=O) groups is 1. The normalized spacial score (nSPS) is 15.2. The first-order chi connectivity index (χ1) is 14.9. The smallest absolute Gasteiger partial charge is 0.269 e. The topological polar surface area (TPSA) is 138 Å². The van der Waals surface area contributed by atoms with E-state index in [9.17, 15) is 14.9 Å². The predicted octanol–water partition coefficient (Wildman–Crippen LogP) is 3.03. The summed E-state index contributed by atoms with van der Waals surface area (Å²) in [6.07, 6.45) is 0. The number of aromatic nitrogens is 3. The zero-order valence-electron chi connectivity index (χ0n) is 16.9. The Balaban J connectivity index is 1.78. The summed E-state index contributed by atoms with van der Waals surface area (Å²) in [7, 11) is 0. The Bertz CT molecular complexity index is 1180. The molecule has 1 amide bonds. The number of allylic oxidation sites excluding steroid dienone is 1. The predicted molar refractivity (Wildman–Crippen MR) is 113 cm³/mol. The lowest BCUT2D eigenvalue weighted by Crippen LogP contribution is -2.31. The van der Waals surface area contributed by atoms with E-state index in [1.807, 2.05) is 31.2 Å². The van der Waals surface area contributed by atoms with Crippen LogP contribution in [0.25, 0.3) is 11.4 Å². The van der Waals surface area contributed by atoms with Gasteiger partial charge in [-0.25, -0.2) is 4.68 Å². The fraction of sp³-hybridized carbons (Fsp3) is 0.190. The zero-order valence-corrected chi connectivity index (χ0v) is 16.9.